The molecule has 19 heavy (non-hydrogen) atoms. The quantitative estimate of drug-likeness (QED) is 0.696. The van der Waals surface area contributed by atoms with Crippen molar-refractivity contribution < 1.29 is 0 Å². The lowest BCUT2D eigenvalue weighted by atomic mass is 10.2. The molecule has 0 aliphatic heterocycles. The predicted molar refractivity (Wildman–Crippen MR) is 69.3 cm³/mol. The van der Waals surface area contributed by atoms with Crippen molar-refractivity contribution in [3.63, 3.8) is 0 Å². The zero-order valence-corrected chi connectivity index (χ0v) is 9.93. The van der Waals surface area contributed by atoms with Gasteiger partial charge in [0.1, 0.15) is 12.0 Å². The second-order valence-corrected chi connectivity index (χ2v) is 3.89. The third-order valence-corrected chi connectivity index (χ3v) is 2.63. The maximum absolute atomic E-state index is 8.89. The maximum atomic E-state index is 8.89. The Morgan fingerprint density at radius 3 is 2.79 bits per heavy atom. The molecule has 5 heteroatoms. The number of nitriles is 1. The summed E-state index contributed by atoms with van der Waals surface area (Å²) in [6.07, 6.45) is 3.31. The van der Waals surface area contributed by atoms with E-state index < -0.39 is 0 Å². The van der Waals surface area contributed by atoms with E-state index in [4.69, 9.17) is 5.26 Å². The first-order valence-electron chi connectivity index (χ1n) is 5.70. The van der Waals surface area contributed by atoms with Crippen LogP contribution in [0.2, 0.25) is 0 Å². The molecule has 0 saturated heterocycles. The van der Waals surface area contributed by atoms with E-state index in [-0.39, 0.29) is 0 Å². The molecule has 0 N–H and O–H groups in total. The lowest BCUT2D eigenvalue weighted by molar-refractivity contribution is 0.880. The van der Waals surface area contributed by atoms with Crippen LogP contribution in [-0.2, 0) is 0 Å². The number of hydrogen-bond acceptors (Lipinski definition) is 4. The molecule has 0 radical (unpaired) electrons. The highest BCUT2D eigenvalue weighted by atomic mass is 15.3. The highest BCUT2D eigenvalue weighted by molar-refractivity contribution is 5.48. The third kappa shape index (κ3) is 2.19. The van der Waals surface area contributed by atoms with E-state index in [1.165, 1.54) is 0 Å². The highest BCUT2D eigenvalue weighted by Crippen LogP contribution is 2.13. The molecule has 0 aliphatic carbocycles. The van der Waals surface area contributed by atoms with E-state index in [0.717, 1.165) is 11.4 Å². The first-order chi connectivity index (χ1) is 9.36. The van der Waals surface area contributed by atoms with Crippen LogP contribution in [0.4, 0.5) is 0 Å². The first-order valence-corrected chi connectivity index (χ1v) is 5.70. The number of hydrogen-bond donors (Lipinski definition) is 0. The molecule has 0 spiro atoms. The van der Waals surface area contributed by atoms with Gasteiger partial charge in [0.05, 0.1) is 17.3 Å². The number of rotatable bonds is 2. The summed E-state index contributed by atoms with van der Waals surface area (Å²) in [5.74, 6) is 0.558. The molecule has 5 nitrogen and oxygen atoms in total. The molecular formula is C14H9N5. The summed E-state index contributed by atoms with van der Waals surface area (Å²) in [4.78, 5) is 8.42. The van der Waals surface area contributed by atoms with Crippen LogP contribution in [0.15, 0.2) is 55.0 Å². The van der Waals surface area contributed by atoms with Gasteiger partial charge in [0.15, 0.2) is 5.82 Å². The van der Waals surface area contributed by atoms with E-state index in [1.54, 1.807) is 29.3 Å². The molecule has 0 saturated carbocycles. The van der Waals surface area contributed by atoms with E-state index >= 15 is 0 Å². The molecule has 0 fully saturated rings. The normalized spacial score (nSPS) is 10.1. The average Bonchev–Trinajstić information content (AvgIpc) is 2.98. The molecule has 0 unspecified atom stereocenters. The van der Waals surface area contributed by atoms with E-state index in [9.17, 15) is 0 Å². The van der Waals surface area contributed by atoms with Gasteiger partial charge in [0.25, 0.3) is 0 Å². The van der Waals surface area contributed by atoms with Crippen molar-refractivity contribution in [1.82, 2.24) is 19.7 Å². The molecule has 0 amide bonds. The van der Waals surface area contributed by atoms with Crippen molar-refractivity contribution in [3.05, 3.63) is 60.6 Å². The molecular weight excluding hydrogens is 238 g/mol. The second kappa shape index (κ2) is 4.70. The van der Waals surface area contributed by atoms with Crippen molar-refractivity contribution in [1.29, 1.82) is 5.26 Å². The predicted octanol–water partition coefficient (Wildman–Crippen LogP) is 2.20. The number of nitrogens with zero attached hydrogens (tertiary/aromatic N) is 5. The van der Waals surface area contributed by atoms with Crippen molar-refractivity contribution in [2.75, 3.05) is 0 Å². The molecule has 3 rings (SSSR count). The number of aromatic nitrogens is 4. The zero-order chi connectivity index (χ0) is 13.1. The van der Waals surface area contributed by atoms with Gasteiger partial charge in [-0.3, -0.25) is 4.98 Å². The Bertz CT molecular complexity index is 740. The summed E-state index contributed by atoms with van der Waals surface area (Å²) in [6.45, 7) is 0. The molecule has 90 valence electrons. The molecule has 3 aromatic rings. The summed E-state index contributed by atoms with van der Waals surface area (Å²) in [6, 6.07) is 14.9. The molecule has 0 bridgehead atoms. The minimum atomic E-state index is 0.558. The number of benzene rings is 1. The van der Waals surface area contributed by atoms with E-state index in [1.807, 2.05) is 30.3 Å². The first kappa shape index (κ1) is 11.1. The van der Waals surface area contributed by atoms with Crippen molar-refractivity contribution in [2.45, 2.75) is 0 Å². The van der Waals surface area contributed by atoms with Gasteiger partial charge in [-0.2, -0.15) is 5.26 Å². The summed E-state index contributed by atoms with van der Waals surface area (Å²) < 4.78 is 1.63. The van der Waals surface area contributed by atoms with Gasteiger partial charge in [-0.1, -0.05) is 12.1 Å². The molecule has 2 heterocycles. The third-order valence-electron chi connectivity index (χ3n) is 2.63. The van der Waals surface area contributed by atoms with Crippen LogP contribution in [-0.4, -0.2) is 19.7 Å². The SMILES string of the molecule is N#Cc1cccc(-n2cnc(-c3ccccn3)n2)c1. The fraction of sp³-hybridized carbons (Fsp3) is 0. The van der Waals surface area contributed by atoms with Crippen LogP contribution in [0.3, 0.4) is 0 Å². The largest absolute Gasteiger partial charge is 0.253 e. The Hall–Kier alpha value is -3.00. The Labute approximate surface area is 109 Å². The van der Waals surface area contributed by atoms with E-state index in [2.05, 4.69) is 21.1 Å². The summed E-state index contributed by atoms with van der Waals surface area (Å²) in [5, 5.41) is 13.2. The van der Waals surface area contributed by atoms with Crippen LogP contribution < -0.4 is 0 Å². The summed E-state index contributed by atoms with van der Waals surface area (Å²) in [5.41, 5.74) is 2.11. The van der Waals surface area contributed by atoms with Crippen molar-refractivity contribution in [2.24, 2.45) is 0 Å². The van der Waals surface area contributed by atoms with Crippen molar-refractivity contribution in [3.8, 4) is 23.3 Å². The van der Waals surface area contributed by atoms with Gasteiger partial charge in [-0.15, -0.1) is 5.10 Å². The van der Waals surface area contributed by atoms with Crippen LogP contribution in [0.5, 0.6) is 0 Å². The van der Waals surface area contributed by atoms with Crippen LogP contribution >= 0.6 is 0 Å². The van der Waals surface area contributed by atoms with Crippen LogP contribution in [0.25, 0.3) is 17.2 Å². The number of pyridine rings is 1. The Morgan fingerprint density at radius 1 is 1.05 bits per heavy atom. The smallest absolute Gasteiger partial charge is 0.200 e. The van der Waals surface area contributed by atoms with Gasteiger partial charge in [0.2, 0.25) is 0 Å². The van der Waals surface area contributed by atoms with Gasteiger partial charge in [0, 0.05) is 6.20 Å². The second-order valence-electron chi connectivity index (χ2n) is 3.89. The fourth-order valence-corrected chi connectivity index (χ4v) is 1.72. The van der Waals surface area contributed by atoms with Crippen LogP contribution in [0.1, 0.15) is 5.56 Å². The van der Waals surface area contributed by atoms with Gasteiger partial charge < -0.3 is 0 Å². The Kier molecular flexibility index (Phi) is 2.75. The minimum Gasteiger partial charge on any atom is -0.253 e. The van der Waals surface area contributed by atoms with Gasteiger partial charge >= 0.3 is 0 Å². The Morgan fingerprint density at radius 2 is 2.00 bits per heavy atom. The van der Waals surface area contributed by atoms with E-state index in [0.29, 0.717) is 11.4 Å². The zero-order valence-electron chi connectivity index (χ0n) is 9.93. The standard InChI is InChI=1S/C14H9N5/c15-9-11-4-3-5-12(8-11)19-10-17-14(18-19)13-6-1-2-7-16-13/h1-8,10H. The van der Waals surface area contributed by atoms with Gasteiger partial charge in [-0.25, -0.2) is 9.67 Å². The topological polar surface area (TPSA) is 67.4 Å². The Balaban J connectivity index is 2.00. The lowest BCUT2D eigenvalue weighted by Crippen LogP contribution is -1.95. The average molecular weight is 247 g/mol. The molecule has 2 aromatic heterocycles. The summed E-state index contributed by atoms with van der Waals surface area (Å²) in [7, 11) is 0. The monoisotopic (exact) mass is 247 g/mol. The highest BCUT2D eigenvalue weighted by Gasteiger charge is 2.06. The molecule has 1 aromatic carbocycles. The van der Waals surface area contributed by atoms with Gasteiger partial charge in [-0.05, 0) is 30.3 Å². The van der Waals surface area contributed by atoms with Crippen LogP contribution in [0, 0.1) is 11.3 Å². The molecule has 0 atom stereocenters. The summed E-state index contributed by atoms with van der Waals surface area (Å²) >= 11 is 0. The maximum Gasteiger partial charge on any atom is 0.200 e. The van der Waals surface area contributed by atoms with Crippen molar-refractivity contribution >= 4 is 0 Å². The fourth-order valence-electron chi connectivity index (χ4n) is 1.72. The lowest BCUT2D eigenvalue weighted by Gasteiger charge is -1.99. The minimum absolute atomic E-state index is 0.558. The molecule has 0 aliphatic rings.